The van der Waals surface area contributed by atoms with Gasteiger partial charge in [0.05, 0.1) is 39.9 Å². The molecule has 0 aliphatic rings. The highest BCUT2D eigenvalue weighted by molar-refractivity contribution is 7.45. The van der Waals surface area contributed by atoms with Gasteiger partial charge in [-0.1, -0.05) is 144 Å². The van der Waals surface area contributed by atoms with Crippen molar-refractivity contribution in [3.8, 4) is 0 Å². The molecule has 0 aliphatic heterocycles. The number of carbonyl (C=O) groups excluding carboxylic acids is 1. The maximum absolute atomic E-state index is 12.8. The number of quaternary nitrogens is 1. The molecule has 0 heterocycles. The zero-order chi connectivity index (χ0) is 39.3. The topological polar surface area (TPSA) is 108 Å². The third-order valence-corrected chi connectivity index (χ3v) is 9.33. The summed E-state index contributed by atoms with van der Waals surface area (Å²) in [5.74, 6) is -0.231. The molecule has 0 rings (SSSR count). The van der Waals surface area contributed by atoms with Gasteiger partial charge in [-0.05, 0) is 70.6 Å². The van der Waals surface area contributed by atoms with Crippen LogP contribution in [0.4, 0.5) is 0 Å². The van der Waals surface area contributed by atoms with Gasteiger partial charge < -0.3 is 28.8 Å². The summed E-state index contributed by atoms with van der Waals surface area (Å²) in [5, 5.41) is 13.6. The lowest BCUT2D eigenvalue weighted by Crippen LogP contribution is -2.45. The summed E-state index contributed by atoms with van der Waals surface area (Å²) in [6.45, 7) is 4.42. The first-order chi connectivity index (χ1) is 25.5. The molecule has 8 nitrogen and oxygen atoms in total. The number of phosphoric ester groups is 1. The molecule has 0 aromatic carbocycles. The fourth-order valence-corrected chi connectivity index (χ4v) is 5.82. The van der Waals surface area contributed by atoms with Crippen molar-refractivity contribution < 1.29 is 32.9 Å². The van der Waals surface area contributed by atoms with Crippen molar-refractivity contribution in [2.75, 3.05) is 40.9 Å². The number of nitrogens with one attached hydrogen (secondary N) is 1. The quantitative estimate of drug-likeness (QED) is 0.0288. The van der Waals surface area contributed by atoms with E-state index in [9.17, 15) is 19.4 Å². The number of likely N-dealkylation sites (N-methyl/N-ethyl adjacent to an activating group) is 1. The number of hydrogen-bond acceptors (Lipinski definition) is 6. The van der Waals surface area contributed by atoms with E-state index in [-0.39, 0.29) is 12.5 Å². The SMILES string of the molecule is CC/C=C\C/C=C\C/C=C\C/C=C\C/C=C\C/C=C\CCCCCCC(=O)NC(COP(=O)([O-])OCC[N+](C)(C)C)C(O)/C=C/CCCCCCCC. The predicted molar refractivity (Wildman–Crippen MR) is 223 cm³/mol. The number of aliphatic hydroxyl groups is 1. The predicted octanol–water partition coefficient (Wildman–Crippen LogP) is 10.4. The molecule has 1 amide bonds. The Kier molecular flexibility index (Phi) is 33.8. The van der Waals surface area contributed by atoms with Gasteiger partial charge in [0.1, 0.15) is 13.2 Å². The molecule has 3 unspecified atom stereocenters. The second-order valence-corrected chi connectivity index (χ2v) is 16.0. The Morgan fingerprint density at radius 3 is 1.68 bits per heavy atom. The monoisotopic (exact) mass is 761 g/mol. The van der Waals surface area contributed by atoms with Crippen molar-refractivity contribution >= 4 is 13.7 Å². The van der Waals surface area contributed by atoms with Gasteiger partial charge in [0.15, 0.2) is 0 Å². The van der Waals surface area contributed by atoms with Gasteiger partial charge >= 0.3 is 0 Å². The highest BCUT2D eigenvalue weighted by Gasteiger charge is 2.23. The zero-order valence-electron chi connectivity index (χ0n) is 34.2. The number of carbonyl (C=O) groups is 1. The van der Waals surface area contributed by atoms with Crippen LogP contribution in [-0.4, -0.2) is 68.5 Å². The molecule has 53 heavy (non-hydrogen) atoms. The minimum Gasteiger partial charge on any atom is -0.756 e. The summed E-state index contributed by atoms with van der Waals surface area (Å²) in [6, 6.07) is -0.902. The van der Waals surface area contributed by atoms with Gasteiger partial charge in [-0.3, -0.25) is 9.36 Å². The smallest absolute Gasteiger partial charge is 0.268 e. The Balaban J connectivity index is 4.39. The van der Waals surface area contributed by atoms with E-state index >= 15 is 0 Å². The van der Waals surface area contributed by atoms with Crippen LogP contribution in [0, 0.1) is 0 Å². The van der Waals surface area contributed by atoms with Crippen LogP contribution in [-0.2, 0) is 18.4 Å². The number of amides is 1. The zero-order valence-corrected chi connectivity index (χ0v) is 35.1. The summed E-state index contributed by atoms with van der Waals surface area (Å²) in [7, 11) is 1.22. The average molecular weight is 761 g/mol. The molecule has 0 aromatic rings. The molecule has 0 fully saturated rings. The molecule has 9 heteroatoms. The van der Waals surface area contributed by atoms with Crippen LogP contribution >= 0.6 is 7.82 Å². The van der Waals surface area contributed by atoms with Crippen molar-refractivity contribution in [2.24, 2.45) is 0 Å². The Hall–Kier alpha value is -2.32. The van der Waals surface area contributed by atoms with Crippen LogP contribution in [0.2, 0.25) is 0 Å². The lowest BCUT2D eigenvalue weighted by molar-refractivity contribution is -0.870. The summed E-state index contributed by atoms with van der Waals surface area (Å²) >= 11 is 0. The lowest BCUT2D eigenvalue weighted by atomic mass is 10.1. The first-order valence-corrected chi connectivity index (χ1v) is 21.9. The number of hydrogen-bond donors (Lipinski definition) is 2. The number of phosphoric acid groups is 1. The number of rotatable bonds is 35. The molecule has 0 radical (unpaired) electrons. The Labute approximate surface area is 325 Å². The van der Waals surface area contributed by atoms with Gasteiger partial charge in [0, 0.05) is 6.42 Å². The second kappa shape index (κ2) is 35.4. The van der Waals surface area contributed by atoms with E-state index in [1.807, 2.05) is 27.2 Å². The molecule has 0 saturated heterocycles. The standard InChI is InChI=1S/C44H77N2O6P/c1-6-8-10-12-14-16-17-18-19-20-21-22-23-24-25-26-27-28-29-30-32-34-36-38-44(48)45-42(41-52-53(49,50)51-40-39-46(3,4)5)43(47)37-35-33-31-15-13-11-9-7-2/h8,10,14,16,18-19,21-22,24-25,27-28,35,37,42-43,47H,6-7,9,11-13,15,17,20,23,26,29-34,36,38-41H2,1-5H3,(H-,45,48,49,50)/b10-8-,16-14-,19-18-,22-21-,25-24-,28-27-,37-35+. The fourth-order valence-electron chi connectivity index (χ4n) is 5.09. The molecule has 0 aromatic heterocycles. The van der Waals surface area contributed by atoms with Crippen molar-refractivity contribution in [1.29, 1.82) is 0 Å². The highest BCUT2D eigenvalue weighted by Crippen LogP contribution is 2.38. The average Bonchev–Trinajstić information content (AvgIpc) is 3.10. The number of aliphatic hydroxyl groups excluding tert-OH is 1. The van der Waals surface area contributed by atoms with Gasteiger partial charge in [0.2, 0.25) is 5.91 Å². The van der Waals surface area contributed by atoms with Gasteiger partial charge in [-0.2, -0.15) is 0 Å². The van der Waals surface area contributed by atoms with E-state index < -0.39 is 26.6 Å². The molecule has 3 atom stereocenters. The molecule has 304 valence electrons. The van der Waals surface area contributed by atoms with E-state index in [2.05, 4.69) is 92.1 Å². The Bertz CT molecular complexity index is 1140. The molecular weight excluding hydrogens is 683 g/mol. The van der Waals surface area contributed by atoms with Crippen molar-refractivity contribution in [2.45, 2.75) is 148 Å². The van der Waals surface area contributed by atoms with Gasteiger partial charge in [-0.25, -0.2) is 0 Å². The number of allylic oxidation sites excluding steroid dienone is 13. The Morgan fingerprint density at radius 1 is 0.679 bits per heavy atom. The molecule has 2 N–H and O–H groups in total. The summed E-state index contributed by atoms with van der Waals surface area (Å²) < 4.78 is 23.0. The van der Waals surface area contributed by atoms with Crippen molar-refractivity contribution in [3.05, 3.63) is 85.1 Å². The third kappa shape index (κ3) is 37.8. The van der Waals surface area contributed by atoms with Crippen LogP contribution in [0.15, 0.2) is 85.1 Å². The van der Waals surface area contributed by atoms with E-state index in [4.69, 9.17) is 9.05 Å². The number of nitrogens with zero attached hydrogens (tertiary/aromatic N) is 1. The first-order valence-electron chi connectivity index (χ1n) is 20.4. The molecule has 0 bridgehead atoms. The van der Waals surface area contributed by atoms with E-state index in [0.717, 1.165) is 89.9 Å². The third-order valence-electron chi connectivity index (χ3n) is 8.36. The van der Waals surface area contributed by atoms with Crippen LogP contribution < -0.4 is 10.2 Å². The molecule has 0 spiro atoms. The minimum atomic E-state index is -4.59. The van der Waals surface area contributed by atoms with Gasteiger partial charge in [-0.15, -0.1) is 0 Å². The summed E-state index contributed by atoms with van der Waals surface area (Å²) in [5.41, 5.74) is 0. The van der Waals surface area contributed by atoms with Crippen LogP contribution in [0.25, 0.3) is 0 Å². The Morgan fingerprint density at radius 2 is 1.15 bits per heavy atom. The van der Waals surface area contributed by atoms with Crippen LogP contribution in [0.5, 0.6) is 0 Å². The van der Waals surface area contributed by atoms with E-state index in [1.54, 1.807) is 6.08 Å². The maximum Gasteiger partial charge on any atom is 0.268 e. The summed E-state index contributed by atoms with van der Waals surface area (Å²) in [4.78, 5) is 25.1. The first kappa shape index (κ1) is 50.7. The van der Waals surface area contributed by atoms with Crippen LogP contribution in [0.1, 0.15) is 136 Å². The molecule has 0 aliphatic carbocycles. The summed E-state index contributed by atoms with van der Waals surface area (Å²) in [6.07, 6.45) is 47.8. The second-order valence-electron chi connectivity index (χ2n) is 14.6. The fraction of sp³-hybridized carbons (Fsp3) is 0.659. The van der Waals surface area contributed by atoms with E-state index in [1.165, 1.54) is 25.7 Å². The van der Waals surface area contributed by atoms with Crippen LogP contribution in [0.3, 0.4) is 0 Å². The normalized spacial score (nSPS) is 15.4. The number of unbranched alkanes of at least 4 members (excludes halogenated alkanes) is 10. The van der Waals surface area contributed by atoms with Crippen molar-refractivity contribution in [3.63, 3.8) is 0 Å². The van der Waals surface area contributed by atoms with Gasteiger partial charge in [0.25, 0.3) is 7.82 Å². The van der Waals surface area contributed by atoms with Crippen molar-refractivity contribution in [1.82, 2.24) is 5.32 Å². The highest BCUT2D eigenvalue weighted by atomic mass is 31.2. The maximum atomic E-state index is 12.8. The van der Waals surface area contributed by atoms with E-state index in [0.29, 0.717) is 17.4 Å². The molecule has 0 saturated carbocycles. The lowest BCUT2D eigenvalue weighted by Gasteiger charge is -2.29. The largest absolute Gasteiger partial charge is 0.756 e. The minimum absolute atomic E-state index is 0.0118. The molecular formula is C44H77N2O6P.